The van der Waals surface area contributed by atoms with Crippen molar-refractivity contribution in [1.29, 1.82) is 0 Å². The van der Waals surface area contributed by atoms with Crippen molar-refractivity contribution in [3.05, 3.63) is 27.8 Å². The van der Waals surface area contributed by atoms with E-state index in [-0.39, 0.29) is 5.96 Å². The van der Waals surface area contributed by atoms with Gasteiger partial charge in [-0.05, 0) is 46.9 Å². The Morgan fingerprint density at radius 3 is 2.42 bits per heavy atom. The minimum absolute atomic E-state index is 0.205. The van der Waals surface area contributed by atoms with Crippen LogP contribution < -0.4 is 17.0 Å². The molecule has 0 saturated heterocycles. The molecule has 5 heteroatoms. The maximum absolute atomic E-state index is 5.36. The summed E-state index contributed by atoms with van der Waals surface area (Å²) in [5.41, 5.74) is 8.39. The van der Waals surface area contributed by atoms with E-state index >= 15 is 0 Å². The molecule has 1 aromatic rings. The second kappa shape index (κ2) is 4.27. The Balaban J connectivity index is 2.84. The minimum Gasteiger partial charge on any atom is -0.369 e. The summed E-state index contributed by atoms with van der Waals surface area (Å²) >= 11 is 2.22. The first-order valence-electron chi connectivity index (χ1n) is 3.28. The van der Waals surface area contributed by atoms with E-state index in [1.165, 1.54) is 0 Å². The van der Waals surface area contributed by atoms with Gasteiger partial charge in [0.1, 0.15) is 0 Å². The van der Waals surface area contributed by atoms with Crippen LogP contribution in [0.15, 0.2) is 29.3 Å². The first-order valence-corrected chi connectivity index (χ1v) is 4.36. The van der Waals surface area contributed by atoms with Gasteiger partial charge in [-0.2, -0.15) is 0 Å². The van der Waals surface area contributed by atoms with Crippen LogP contribution in [0.1, 0.15) is 0 Å². The van der Waals surface area contributed by atoms with Gasteiger partial charge in [0, 0.05) is 3.57 Å². The Morgan fingerprint density at radius 2 is 1.92 bits per heavy atom. The van der Waals surface area contributed by atoms with Gasteiger partial charge in [0.2, 0.25) is 5.96 Å². The largest absolute Gasteiger partial charge is 0.369 e. The molecule has 1 aromatic carbocycles. The number of hydrogen-bond donors (Lipinski definition) is 3. The lowest BCUT2D eigenvalue weighted by Crippen LogP contribution is -2.36. The third kappa shape index (κ3) is 2.67. The van der Waals surface area contributed by atoms with Crippen LogP contribution in [0.3, 0.4) is 0 Å². The van der Waals surface area contributed by atoms with Gasteiger partial charge >= 0.3 is 0 Å². The summed E-state index contributed by atoms with van der Waals surface area (Å²) in [5, 5.41) is 0. The number of nitrogens with two attached hydrogens (primary N) is 2. The van der Waals surface area contributed by atoms with Crippen LogP contribution in [-0.4, -0.2) is 5.96 Å². The monoisotopic (exact) mass is 276 g/mol. The number of aliphatic imine (C=N–C) groups is 1. The number of rotatable bonds is 1. The predicted molar refractivity (Wildman–Crippen MR) is 57.8 cm³/mol. The molecule has 0 bridgehead atoms. The van der Waals surface area contributed by atoms with Crippen molar-refractivity contribution in [3.8, 4) is 0 Å². The Bertz CT molecular complexity index is 280. The minimum atomic E-state index is 0.205. The fourth-order valence-electron chi connectivity index (χ4n) is 0.687. The number of nitrogens with zero attached hydrogens (tertiary/aromatic N) is 1. The van der Waals surface area contributed by atoms with Crippen molar-refractivity contribution in [2.24, 2.45) is 16.6 Å². The molecule has 0 fully saturated rings. The standard InChI is InChI=1S/C7H9IN4/c8-5-1-3-6(4-2-5)11-7(9)12-10/h1-4H,10H2,(H3,9,11,12). The maximum atomic E-state index is 5.36. The SMILES string of the molecule is NNC(N)=Nc1ccc(I)cc1. The zero-order valence-corrected chi connectivity index (χ0v) is 8.45. The molecule has 1 rings (SSSR count). The second-order valence-corrected chi connectivity index (χ2v) is 3.36. The topological polar surface area (TPSA) is 76.4 Å². The van der Waals surface area contributed by atoms with Gasteiger partial charge in [0.05, 0.1) is 5.69 Å². The first-order chi connectivity index (χ1) is 5.72. The molecule has 0 aliphatic carbocycles. The van der Waals surface area contributed by atoms with Crippen molar-refractivity contribution >= 4 is 34.2 Å². The number of hydrazine groups is 1. The van der Waals surface area contributed by atoms with Crippen LogP contribution in [0, 0.1) is 3.57 Å². The lowest BCUT2D eigenvalue weighted by molar-refractivity contribution is 1.01. The Labute approximate surface area is 84.2 Å². The van der Waals surface area contributed by atoms with E-state index in [1.807, 2.05) is 24.3 Å². The van der Waals surface area contributed by atoms with E-state index in [0.29, 0.717) is 0 Å². The first kappa shape index (κ1) is 9.27. The number of halogens is 1. The highest BCUT2D eigenvalue weighted by atomic mass is 127. The molecule has 0 spiro atoms. The molecule has 0 atom stereocenters. The Hall–Kier alpha value is -0.820. The molecule has 0 unspecified atom stereocenters. The Kier molecular flexibility index (Phi) is 3.30. The normalized spacial score (nSPS) is 11.3. The van der Waals surface area contributed by atoms with Crippen LogP contribution in [0.25, 0.3) is 0 Å². The van der Waals surface area contributed by atoms with Crippen molar-refractivity contribution in [2.75, 3.05) is 0 Å². The summed E-state index contributed by atoms with van der Waals surface area (Å²) < 4.78 is 1.16. The fourth-order valence-corrected chi connectivity index (χ4v) is 1.05. The van der Waals surface area contributed by atoms with E-state index in [2.05, 4.69) is 33.0 Å². The highest BCUT2D eigenvalue weighted by molar-refractivity contribution is 14.1. The summed E-state index contributed by atoms with van der Waals surface area (Å²) in [6.45, 7) is 0. The van der Waals surface area contributed by atoms with Crippen LogP contribution in [0.4, 0.5) is 5.69 Å². The fraction of sp³-hybridized carbons (Fsp3) is 0. The smallest absolute Gasteiger partial charge is 0.208 e. The summed E-state index contributed by atoms with van der Waals surface area (Å²) in [6, 6.07) is 7.63. The number of hydrogen-bond acceptors (Lipinski definition) is 2. The number of guanidine groups is 1. The van der Waals surface area contributed by atoms with E-state index in [0.717, 1.165) is 9.26 Å². The van der Waals surface area contributed by atoms with Crippen LogP contribution in [0.2, 0.25) is 0 Å². The molecule has 12 heavy (non-hydrogen) atoms. The van der Waals surface area contributed by atoms with Crippen molar-refractivity contribution in [1.82, 2.24) is 5.43 Å². The third-order valence-electron chi connectivity index (χ3n) is 1.22. The molecule has 0 aliphatic heterocycles. The van der Waals surface area contributed by atoms with E-state index < -0.39 is 0 Å². The summed E-state index contributed by atoms with van der Waals surface area (Å²) in [4.78, 5) is 3.97. The lowest BCUT2D eigenvalue weighted by Gasteiger charge is -1.97. The van der Waals surface area contributed by atoms with E-state index in [1.54, 1.807) is 0 Å². The van der Waals surface area contributed by atoms with Crippen LogP contribution in [0.5, 0.6) is 0 Å². The highest BCUT2D eigenvalue weighted by Gasteiger charge is 1.90. The number of nitrogens with one attached hydrogen (secondary N) is 1. The average molecular weight is 276 g/mol. The van der Waals surface area contributed by atoms with Gasteiger partial charge in [0.15, 0.2) is 0 Å². The quantitative estimate of drug-likeness (QED) is 0.232. The molecule has 0 aromatic heterocycles. The zero-order chi connectivity index (χ0) is 8.97. The van der Waals surface area contributed by atoms with Gasteiger partial charge in [-0.3, -0.25) is 5.43 Å². The zero-order valence-electron chi connectivity index (χ0n) is 6.29. The average Bonchev–Trinajstić information content (AvgIpc) is 2.09. The van der Waals surface area contributed by atoms with E-state index in [4.69, 9.17) is 11.6 Å². The molecule has 0 saturated carbocycles. The molecule has 0 radical (unpaired) electrons. The van der Waals surface area contributed by atoms with Crippen molar-refractivity contribution < 1.29 is 0 Å². The van der Waals surface area contributed by atoms with Crippen LogP contribution >= 0.6 is 22.6 Å². The highest BCUT2D eigenvalue weighted by Crippen LogP contribution is 2.13. The third-order valence-corrected chi connectivity index (χ3v) is 1.94. The molecule has 64 valence electrons. The van der Waals surface area contributed by atoms with Gasteiger partial charge < -0.3 is 5.73 Å². The molecule has 0 heterocycles. The summed E-state index contributed by atoms with van der Waals surface area (Å²) in [7, 11) is 0. The molecule has 0 aliphatic rings. The maximum Gasteiger partial charge on any atom is 0.208 e. The molecular weight excluding hydrogens is 267 g/mol. The van der Waals surface area contributed by atoms with Crippen molar-refractivity contribution in [2.45, 2.75) is 0 Å². The molecular formula is C7H9IN4. The van der Waals surface area contributed by atoms with Gasteiger partial charge in [0.25, 0.3) is 0 Å². The van der Waals surface area contributed by atoms with Crippen molar-refractivity contribution in [3.63, 3.8) is 0 Å². The summed E-state index contributed by atoms with van der Waals surface area (Å²) in [6.07, 6.45) is 0. The van der Waals surface area contributed by atoms with Gasteiger partial charge in [-0.25, -0.2) is 10.8 Å². The lowest BCUT2D eigenvalue weighted by atomic mass is 10.3. The molecule has 0 amide bonds. The van der Waals surface area contributed by atoms with Crippen LogP contribution in [-0.2, 0) is 0 Å². The summed E-state index contributed by atoms with van der Waals surface area (Å²) in [5.74, 6) is 5.25. The second-order valence-electron chi connectivity index (χ2n) is 2.12. The molecule has 5 N–H and O–H groups in total. The van der Waals surface area contributed by atoms with Gasteiger partial charge in [-0.1, -0.05) is 0 Å². The molecule has 4 nitrogen and oxygen atoms in total. The van der Waals surface area contributed by atoms with Gasteiger partial charge in [-0.15, -0.1) is 0 Å². The number of benzene rings is 1. The van der Waals surface area contributed by atoms with E-state index in [9.17, 15) is 0 Å². The predicted octanol–water partition coefficient (Wildman–Crippen LogP) is 0.701. The Morgan fingerprint density at radius 1 is 1.33 bits per heavy atom.